The number of carbonyl (C=O) groups is 1. The summed E-state index contributed by atoms with van der Waals surface area (Å²) in [6.45, 7) is 4.42. The van der Waals surface area contributed by atoms with Gasteiger partial charge in [0, 0.05) is 24.7 Å². The van der Waals surface area contributed by atoms with Crippen LogP contribution >= 0.6 is 0 Å². The third-order valence-corrected chi connectivity index (χ3v) is 5.32. The molecule has 2 aliphatic heterocycles. The first-order chi connectivity index (χ1) is 11.5. The van der Waals surface area contributed by atoms with E-state index in [2.05, 4.69) is 17.3 Å². The van der Waals surface area contributed by atoms with Crippen molar-refractivity contribution in [2.24, 2.45) is 5.92 Å². The second-order valence-electron chi connectivity index (χ2n) is 7.03. The Morgan fingerprint density at radius 3 is 2.88 bits per heavy atom. The summed E-state index contributed by atoms with van der Waals surface area (Å²) in [5.41, 5.74) is 0.181. The molecule has 6 heteroatoms. The summed E-state index contributed by atoms with van der Waals surface area (Å²) in [5, 5.41) is 2.84. The Morgan fingerprint density at radius 2 is 2.08 bits per heavy atom. The van der Waals surface area contributed by atoms with Crippen LogP contribution in [0.5, 0.6) is 0 Å². The smallest absolute Gasteiger partial charge is 0.318 e. The Balaban J connectivity index is 1.68. The van der Waals surface area contributed by atoms with Crippen LogP contribution in [0.25, 0.3) is 0 Å². The van der Waals surface area contributed by atoms with Gasteiger partial charge in [-0.3, -0.25) is 0 Å². The molecule has 0 aliphatic carbocycles. The van der Waals surface area contributed by atoms with E-state index in [4.69, 9.17) is 0 Å². The van der Waals surface area contributed by atoms with Crippen LogP contribution in [0, 0.1) is 17.6 Å². The van der Waals surface area contributed by atoms with Crippen molar-refractivity contribution in [3.63, 3.8) is 0 Å². The molecule has 1 N–H and O–H groups in total. The number of fused-ring (bicyclic) bond motifs is 1. The molecule has 132 valence electrons. The Kier molecular flexibility index (Phi) is 5.04. The highest BCUT2D eigenvalue weighted by molar-refractivity contribution is 5.75. The molecule has 2 amide bonds. The number of urea groups is 1. The monoisotopic (exact) mass is 337 g/mol. The highest BCUT2D eigenvalue weighted by atomic mass is 19.2. The third kappa shape index (κ3) is 3.38. The Hall–Kier alpha value is -1.69. The first-order valence-corrected chi connectivity index (χ1v) is 8.67. The summed E-state index contributed by atoms with van der Waals surface area (Å²) in [6, 6.07) is 3.56. The van der Waals surface area contributed by atoms with Crippen LogP contribution in [0.15, 0.2) is 18.2 Å². The maximum absolute atomic E-state index is 13.9. The number of nitrogens with one attached hydrogen (secondary N) is 1. The summed E-state index contributed by atoms with van der Waals surface area (Å²) >= 11 is 0. The van der Waals surface area contributed by atoms with E-state index >= 15 is 0 Å². The van der Waals surface area contributed by atoms with Crippen molar-refractivity contribution < 1.29 is 13.6 Å². The number of carbonyl (C=O) groups excluding carboxylic acids is 1. The van der Waals surface area contributed by atoms with Crippen molar-refractivity contribution in [2.45, 2.75) is 38.3 Å². The lowest BCUT2D eigenvalue weighted by atomic mass is 9.84. The number of likely N-dealkylation sites (tertiary alicyclic amines) is 2. The van der Waals surface area contributed by atoms with Crippen molar-refractivity contribution in [3.8, 4) is 0 Å². The molecule has 0 saturated carbocycles. The number of piperidine rings is 2. The predicted molar refractivity (Wildman–Crippen MR) is 88.6 cm³/mol. The van der Waals surface area contributed by atoms with Gasteiger partial charge in [-0.15, -0.1) is 0 Å². The van der Waals surface area contributed by atoms with Gasteiger partial charge in [-0.2, -0.15) is 0 Å². The Bertz CT molecular complexity index is 610. The highest BCUT2D eigenvalue weighted by Crippen LogP contribution is 2.30. The molecule has 24 heavy (non-hydrogen) atoms. The van der Waals surface area contributed by atoms with Gasteiger partial charge in [0.05, 0.1) is 6.04 Å². The Labute approximate surface area is 141 Å². The Morgan fingerprint density at radius 1 is 1.29 bits per heavy atom. The van der Waals surface area contributed by atoms with Gasteiger partial charge in [-0.1, -0.05) is 12.1 Å². The average molecular weight is 337 g/mol. The van der Waals surface area contributed by atoms with Crippen LogP contribution in [0.4, 0.5) is 13.6 Å². The lowest BCUT2D eigenvalue weighted by Crippen LogP contribution is -2.57. The van der Waals surface area contributed by atoms with Crippen LogP contribution < -0.4 is 5.32 Å². The quantitative estimate of drug-likeness (QED) is 0.900. The largest absolute Gasteiger partial charge is 0.331 e. The van der Waals surface area contributed by atoms with Crippen molar-refractivity contribution >= 4 is 6.03 Å². The van der Waals surface area contributed by atoms with E-state index < -0.39 is 17.7 Å². The molecule has 0 aromatic heterocycles. The molecule has 0 spiro atoms. The third-order valence-electron chi connectivity index (χ3n) is 5.32. The zero-order valence-corrected chi connectivity index (χ0v) is 14.3. The number of amides is 2. The van der Waals surface area contributed by atoms with Gasteiger partial charge in [0.2, 0.25) is 0 Å². The lowest BCUT2D eigenvalue weighted by Gasteiger charge is -2.46. The van der Waals surface area contributed by atoms with Crippen LogP contribution in [-0.2, 0) is 0 Å². The number of benzene rings is 1. The molecule has 3 rings (SSSR count). The predicted octanol–water partition coefficient (Wildman–Crippen LogP) is 3.15. The maximum atomic E-state index is 13.9. The van der Waals surface area contributed by atoms with Gasteiger partial charge < -0.3 is 15.1 Å². The average Bonchev–Trinajstić information content (AvgIpc) is 2.56. The first-order valence-electron chi connectivity index (χ1n) is 8.67. The summed E-state index contributed by atoms with van der Waals surface area (Å²) in [6.07, 6.45) is 3.11. The highest BCUT2D eigenvalue weighted by Gasteiger charge is 2.37. The molecule has 1 aromatic rings. The summed E-state index contributed by atoms with van der Waals surface area (Å²) in [5.74, 6) is -1.27. The zero-order chi connectivity index (χ0) is 17.3. The molecule has 3 unspecified atom stereocenters. The minimum atomic E-state index is -0.888. The topological polar surface area (TPSA) is 35.6 Å². The van der Waals surface area contributed by atoms with E-state index in [1.54, 1.807) is 6.92 Å². The zero-order valence-electron chi connectivity index (χ0n) is 14.3. The summed E-state index contributed by atoms with van der Waals surface area (Å²) < 4.78 is 27.3. The SMILES string of the molecule is CC(NC(=O)N1CCCC2CN(C)CCC21)c1cccc(F)c1F. The number of nitrogens with zero attached hydrogens (tertiary/aromatic N) is 2. The second-order valence-corrected chi connectivity index (χ2v) is 7.03. The van der Waals surface area contributed by atoms with Crippen LogP contribution in [0.1, 0.15) is 37.8 Å². The van der Waals surface area contributed by atoms with E-state index in [1.165, 1.54) is 12.1 Å². The summed E-state index contributed by atoms with van der Waals surface area (Å²) in [7, 11) is 2.12. The van der Waals surface area contributed by atoms with Gasteiger partial charge in [0.15, 0.2) is 11.6 Å². The van der Waals surface area contributed by atoms with Crippen molar-refractivity contribution in [3.05, 3.63) is 35.4 Å². The lowest BCUT2D eigenvalue weighted by molar-refractivity contribution is 0.0525. The molecule has 2 saturated heterocycles. The molecule has 4 nitrogen and oxygen atoms in total. The van der Waals surface area contributed by atoms with Crippen LogP contribution in [-0.4, -0.2) is 48.6 Å². The van der Waals surface area contributed by atoms with Gasteiger partial charge in [0.1, 0.15) is 0 Å². The number of halogens is 2. The van der Waals surface area contributed by atoms with Crippen LogP contribution in [0.2, 0.25) is 0 Å². The second kappa shape index (κ2) is 7.05. The molecular weight excluding hydrogens is 312 g/mol. The fourth-order valence-corrected chi connectivity index (χ4v) is 4.04. The van der Waals surface area contributed by atoms with Crippen LogP contribution in [0.3, 0.4) is 0 Å². The first kappa shape index (κ1) is 17.1. The number of hydrogen-bond acceptors (Lipinski definition) is 2. The van der Waals surface area contributed by atoms with Gasteiger partial charge in [-0.05, 0) is 51.8 Å². The molecular formula is C18H25F2N3O. The molecule has 1 aromatic carbocycles. The van der Waals surface area contributed by atoms with E-state index in [0.29, 0.717) is 5.92 Å². The summed E-state index contributed by atoms with van der Waals surface area (Å²) in [4.78, 5) is 16.9. The minimum Gasteiger partial charge on any atom is -0.331 e. The molecule has 2 fully saturated rings. The van der Waals surface area contributed by atoms with E-state index in [1.807, 2.05) is 4.90 Å². The van der Waals surface area contributed by atoms with Crippen molar-refractivity contribution in [1.82, 2.24) is 15.1 Å². The maximum Gasteiger partial charge on any atom is 0.318 e. The standard InChI is InChI=1S/C18H25F2N3O/c1-12(14-6-3-7-15(19)17(14)20)21-18(24)23-9-4-5-13-11-22(2)10-8-16(13)23/h3,6-7,12-13,16H,4-5,8-11H2,1-2H3,(H,21,24). The number of hydrogen-bond donors (Lipinski definition) is 1. The van der Waals surface area contributed by atoms with Gasteiger partial charge in [-0.25, -0.2) is 13.6 Å². The van der Waals surface area contributed by atoms with Crippen molar-refractivity contribution in [2.75, 3.05) is 26.7 Å². The van der Waals surface area contributed by atoms with Crippen molar-refractivity contribution in [1.29, 1.82) is 0 Å². The molecule has 3 atom stereocenters. The fraction of sp³-hybridized carbons (Fsp3) is 0.611. The fourth-order valence-electron chi connectivity index (χ4n) is 4.04. The van der Waals surface area contributed by atoms with Gasteiger partial charge >= 0.3 is 6.03 Å². The molecule has 2 aliphatic rings. The van der Waals surface area contributed by atoms with Gasteiger partial charge in [0.25, 0.3) is 0 Å². The molecule has 0 radical (unpaired) electrons. The molecule has 0 bridgehead atoms. The van der Waals surface area contributed by atoms with E-state index in [9.17, 15) is 13.6 Å². The van der Waals surface area contributed by atoms with E-state index in [-0.39, 0.29) is 17.6 Å². The number of rotatable bonds is 2. The molecule has 2 heterocycles. The van der Waals surface area contributed by atoms with E-state index in [0.717, 1.165) is 45.0 Å². The normalized spacial score (nSPS) is 25.9. The minimum absolute atomic E-state index is 0.176.